The first-order chi connectivity index (χ1) is 12.6. The normalized spacial score (nSPS) is 16.4. The molecule has 1 aromatic heterocycles. The molecule has 1 aromatic carbocycles. The number of nitrogens with zero attached hydrogens (tertiary/aromatic N) is 2. The summed E-state index contributed by atoms with van der Waals surface area (Å²) in [5, 5.41) is 3.54. The summed E-state index contributed by atoms with van der Waals surface area (Å²) in [7, 11) is -3.21. The van der Waals surface area contributed by atoms with E-state index in [1.807, 2.05) is 0 Å². The number of carbonyl (C=O) groups is 1. The molecule has 0 saturated carbocycles. The number of nitrogen functional groups attached to an aromatic ring is 1. The summed E-state index contributed by atoms with van der Waals surface area (Å²) >= 11 is 0.986. The van der Waals surface area contributed by atoms with Crippen molar-refractivity contribution in [3.8, 4) is 0 Å². The van der Waals surface area contributed by atoms with Crippen molar-refractivity contribution in [1.29, 1.82) is 0 Å². The Morgan fingerprint density at radius 2 is 2.00 bits per heavy atom. The highest BCUT2D eigenvalue weighted by atomic mass is 32.2. The number of anilines is 2. The Morgan fingerprint density at radius 3 is 2.59 bits per heavy atom. The highest BCUT2D eigenvalue weighted by molar-refractivity contribution is 7.88. The summed E-state index contributed by atoms with van der Waals surface area (Å²) in [5.74, 6) is -2.44. The van der Waals surface area contributed by atoms with Crippen LogP contribution in [0.3, 0.4) is 0 Å². The number of thiazole rings is 1. The van der Waals surface area contributed by atoms with Crippen molar-refractivity contribution in [2.75, 3.05) is 30.4 Å². The molecular weight excluding hydrogens is 398 g/mol. The van der Waals surface area contributed by atoms with Crippen LogP contribution in [0.25, 0.3) is 0 Å². The minimum atomic E-state index is -3.21. The van der Waals surface area contributed by atoms with E-state index in [1.165, 1.54) is 10.6 Å². The zero-order valence-electron chi connectivity index (χ0n) is 14.4. The van der Waals surface area contributed by atoms with Crippen LogP contribution >= 0.6 is 11.3 Å². The average Bonchev–Trinajstić information content (AvgIpc) is 2.94. The SMILES string of the molecule is CS(=O)(=O)N1CCC(Nc2nc(N)c(C(=O)c3ccc(F)cc3F)s2)CC1. The molecule has 0 aliphatic carbocycles. The molecule has 3 rings (SSSR count). The molecule has 2 aromatic rings. The van der Waals surface area contributed by atoms with E-state index in [9.17, 15) is 22.0 Å². The maximum absolute atomic E-state index is 13.8. The number of carbonyl (C=O) groups excluding carboxylic acids is 1. The highest BCUT2D eigenvalue weighted by Gasteiger charge is 2.26. The Balaban J connectivity index is 1.71. The first kappa shape index (κ1) is 19.6. The number of sulfonamides is 1. The molecule has 7 nitrogen and oxygen atoms in total. The summed E-state index contributed by atoms with van der Waals surface area (Å²) in [6, 6.07) is 2.70. The van der Waals surface area contributed by atoms with Gasteiger partial charge in [-0.1, -0.05) is 11.3 Å². The van der Waals surface area contributed by atoms with Gasteiger partial charge in [-0.3, -0.25) is 4.79 Å². The maximum atomic E-state index is 13.8. The number of nitrogens with two attached hydrogens (primary N) is 1. The lowest BCUT2D eigenvalue weighted by Gasteiger charge is -2.30. The van der Waals surface area contributed by atoms with E-state index in [0.29, 0.717) is 37.1 Å². The van der Waals surface area contributed by atoms with Gasteiger partial charge < -0.3 is 11.1 Å². The molecule has 1 saturated heterocycles. The second-order valence-corrected chi connectivity index (χ2v) is 9.25. The van der Waals surface area contributed by atoms with E-state index in [4.69, 9.17) is 5.73 Å². The van der Waals surface area contributed by atoms with Crippen LogP contribution < -0.4 is 11.1 Å². The minimum Gasteiger partial charge on any atom is -0.382 e. The van der Waals surface area contributed by atoms with Crippen LogP contribution in [-0.2, 0) is 10.0 Å². The predicted molar refractivity (Wildman–Crippen MR) is 99.4 cm³/mol. The fraction of sp³-hybridized carbons (Fsp3) is 0.375. The van der Waals surface area contributed by atoms with Crippen LogP contribution in [0.1, 0.15) is 28.1 Å². The number of hydrogen-bond donors (Lipinski definition) is 2. The summed E-state index contributed by atoms with van der Waals surface area (Å²) in [6.45, 7) is 0.786. The van der Waals surface area contributed by atoms with Crippen LogP contribution in [0.2, 0.25) is 0 Å². The van der Waals surface area contributed by atoms with E-state index in [-0.39, 0.29) is 22.3 Å². The van der Waals surface area contributed by atoms with E-state index >= 15 is 0 Å². The number of halogens is 2. The molecule has 0 spiro atoms. The van der Waals surface area contributed by atoms with Gasteiger partial charge in [0.2, 0.25) is 15.8 Å². The zero-order chi connectivity index (χ0) is 19.8. The average molecular weight is 416 g/mol. The zero-order valence-corrected chi connectivity index (χ0v) is 16.0. The summed E-state index contributed by atoms with van der Waals surface area (Å²) in [4.78, 5) is 16.7. The second kappa shape index (κ2) is 7.49. The van der Waals surface area contributed by atoms with E-state index < -0.39 is 27.4 Å². The van der Waals surface area contributed by atoms with E-state index in [2.05, 4.69) is 10.3 Å². The Kier molecular flexibility index (Phi) is 5.45. The Labute approximate surface area is 159 Å². The van der Waals surface area contributed by atoms with Gasteiger partial charge >= 0.3 is 0 Å². The molecule has 0 atom stereocenters. The lowest BCUT2D eigenvalue weighted by atomic mass is 10.1. The van der Waals surface area contributed by atoms with Crippen molar-refractivity contribution in [2.24, 2.45) is 0 Å². The van der Waals surface area contributed by atoms with Crippen molar-refractivity contribution in [1.82, 2.24) is 9.29 Å². The molecule has 0 radical (unpaired) electrons. The number of nitrogens with one attached hydrogen (secondary N) is 1. The third-order valence-electron chi connectivity index (χ3n) is 4.29. The summed E-state index contributed by atoms with van der Waals surface area (Å²) in [6.07, 6.45) is 2.35. The molecule has 2 heterocycles. The van der Waals surface area contributed by atoms with Gasteiger partial charge in [0, 0.05) is 25.2 Å². The van der Waals surface area contributed by atoms with Crippen molar-refractivity contribution < 1.29 is 22.0 Å². The number of ketones is 1. The molecule has 27 heavy (non-hydrogen) atoms. The molecular formula is C16H18F2N4O3S2. The fourth-order valence-electron chi connectivity index (χ4n) is 2.86. The highest BCUT2D eigenvalue weighted by Crippen LogP contribution is 2.30. The van der Waals surface area contributed by atoms with Gasteiger partial charge in [0.05, 0.1) is 11.8 Å². The number of piperidine rings is 1. The van der Waals surface area contributed by atoms with Gasteiger partial charge in [-0.15, -0.1) is 0 Å². The first-order valence-electron chi connectivity index (χ1n) is 8.13. The van der Waals surface area contributed by atoms with Crippen LogP contribution in [0.4, 0.5) is 19.7 Å². The minimum absolute atomic E-state index is 0.0148. The quantitative estimate of drug-likeness (QED) is 0.723. The van der Waals surface area contributed by atoms with Crippen molar-refractivity contribution in [2.45, 2.75) is 18.9 Å². The Bertz CT molecular complexity index is 970. The Hall–Kier alpha value is -2.11. The van der Waals surface area contributed by atoms with Crippen molar-refractivity contribution in [3.63, 3.8) is 0 Å². The van der Waals surface area contributed by atoms with Gasteiger partial charge in [0.1, 0.15) is 22.3 Å². The molecule has 1 aliphatic heterocycles. The van der Waals surface area contributed by atoms with Crippen LogP contribution in [0.5, 0.6) is 0 Å². The number of benzene rings is 1. The van der Waals surface area contributed by atoms with Gasteiger partial charge in [-0.05, 0) is 25.0 Å². The first-order valence-corrected chi connectivity index (χ1v) is 10.8. The third-order valence-corrected chi connectivity index (χ3v) is 6.59. The lowest BCUT2D eigenvalue weighted by Crippen LogP contribution is -2.41. The van der Waals surface area contributed by atoms with E-state index in [1.54, 1.807) is 0 Å². The molecule has 0 amide bonds. The number of rotatable bonds is 5. The molecule has 0 unspecified atom stereocenters. The lowest BCUT2D eigenvalue weighted by molar-refractivity contribution is 0.103. The Morgan fingerprint density at radius 1 is 1.33 bits per heavy atom. The third kappa shape index (κ3) is 4.42. The maximum Gasteiger partial charge on any atom is 0.211 e. The number of hydrogen-bond acceptors (Lipinski definition) is 7. The number of aromatic nitrogens is 1. The smallest absolute Gasteiger partial charge is 0.211 e. The summed E-state index contributed by atoms with van der Waals surface area (Å²) in [5.41, 5.74) is 5.52. The van der Waals surface area contributed by atoms with Crippen molar-refractivity contribution >= 4 is 38.1 Å². The molecule has 11 heteroatoms. The van der Waals surface area contributed by atoms with Gasteiger partial charge in [-0.25, -0.2) is 26.5 Å². The van der Waals surface area contributed by atoms with Crippen molar-refractivity contribution in [3.05, 3.63) is 40.3 Å². The standard InChI is InChI=1S/C16H18F2N4O3S2/c1-27(24,25)22-6-4-10(5-7-22)20-16-21-15(19)14(26-16)13(23)11-3-2-9(17)8-12(11)18/h2-3,8,10H,4-7,19H2,1H3,(H,20,21). The fourth-order valence-corrected chi connectivity index (χ4v) is 4.65. The topological polar surface area (TPSA) is 105 Å². The van der Waals surface area contributed by atoms with Crippen LogP contribution in [-0.4, -0.2) is 48.9 Å². The second-order valence-electron chi connectivity index (χ2n) is 6.27. The molecule has 1 aliphatic rings. The molecule has 146 valence electrons. The molecule has 1 fully saturated rings. The molecule has 0 bridgehead atoms. The van der Waals surface area contributed by atoms with Gasteiger partial charge in [-0.2, -0.15) is 0 Å². The summed E-state index contributed by atoms with van der Waals surface area (Å²) < 4.78 is 51.4. The largest absolute Gasteiger partial charge is 0.382 e. The van der Waals surface area contributed by atoms with Gasteiger partial charge in [0.25, 0.3) is 0 Å². The van der Waals surface area contributed by atoms with Crippen LogP contribution in [0.15, 0.2) is 18.2 Å². The van der Waals surface area contributed by atoms with E-state index in [0.717, 1.165) is 23.5 Å². The monoisotopic (exact) mass is 416 g/mol. The molecule has 3 N–H and O–H groups in total. The predicted octanol–water partition coefficient (Wildman–Crippen LogP) is 2.07. The van der Waals surface area contributed by atoms with Gasteiger partial charge in [0.15, 0.2) is 5.13 Å². The van der Waals surface area contributed by atoms with Crippen LogP contribution in [0, 0.1) is 11.6 Å².